The minimum atomic E-state index is -0.448. The van der Waals surface area contributed by atoms with Crippen LogP contribution in [-0.2, 0) is 4.79 Å². The second-order valence-electron chi connectivity index (χ2n) is 4.70. The number of hydrogen-bond donors (Lipinski definition) is 2. The van der Waals surface area contributed by atoms with Crippen LogP contribution >= 0.6 is 0 Å². The maximum absolute atomic E-state index is 11.6. The fraction of sp³-hybridized carbons (Fsp3) is 0.467. The van der Waals surface area contributed by atoms with Gasteiger partial charge in [-0.05, 0) is 25.6 Å². The number of para-hydroxylation sites is 1. The van der Waals surface area contributed by atoms with Gasteiger partial charge in [0.25, 0.3) is 0 Å². The fourth-order valence-electron chi connectivity index (χ4n) is 1.61. The van der Waals surface area contributed by atoms with Crippen molar-refractivity contribution in [3.8, 4) is 5.75 Å². The third kappa shape index (κ3) is 7.94. The number of benzene rings is 1. The van der Waals surface area contributed by atoms with E-state index in [0.717, 1.165) is 12.2 Å². The molecule has 1 rings (SSSR count). The van der Waals surface area contributed by atoms with Gasteiger partial charge in [0, 0.05) is 13.1 Å². The lowest BCUT2D eigenvalue weighted by Crippen LogP contribution is -2.44. The summed E-state index contributed by atoms with van der Waals surface area (Å²) < 4.78 is 5.54. The number of carbonyl (C=O) groups excluding carboxylic acids is 2. The zero-order valence-corrected chi connectivity index (χ0v) is 12.6. The van der Waals surface area contributed by atoms with Crippen molar-refractivity contribution in [3.63, 3.8) is 0 Å². The van der Waals surface area contributed by atoms with Crippen molar-refractivity contribution in [2.45, 2.75) is 13.3 Å². The zero-order valence-electron chi connectivity index (χ0n) is 12.6. The van der Waals surface area contributed by atoms with Crippen molar-refractivity contribution in [2.24, 2.45) is 0 Å². The predicted octanol–water partition coefficient (Wildman–Crippen LogP) is 1.23. The van der Waals surface area contributed by atoms with Crippen LogP contribution in [0.3, 0.4) is 0 Å². The first kappa shape index (κ1) is 17.0. The minimum absolute atomic E-state index is 0.150. The van der Waals surface area contributed by atoms with Crippen LogP contribution in [0, 0.1) is 0 Å². The molecule has 6 nitrogen and oxygen atoms in total. The van der Waals surface area contributed by atoms with E-state index < -0.39 is 6.03 Å². The first-order valence-corrected chi connectivity index (χ1v) is 7.06. The SMILES string of the molecule is CCCNC(=O)NC(=O)CN(C)CCOc1ccccc1. The Morgan fingerprint density at radius 1 is 1.24 bits per heavy atom. The van der Waals surface area contributed by atoms with Crippen LogP contribution in [0.25, 0.3) is 0 Å². The second kappa shape index (κ2) is 9.77. The average Bonchev–Trinajstić information content (AvgIpc) is 2.46. The molecule has 2 N–H and O–H groups in total. The van der Waals surface area contributed by atoms with E-state index in [1.807, 2.05) is 37.3 Å². The number of ether oxygens (including phenoxy) is 1. The smallest absolute Gasteiger partial charge is 0.321 e. The Bertz CT molecular complexity index is 437. The molecule has 0 aromatic heterocycles. The van der Waals surface area contributed by atoms with Gasteiger partial charge in [-0.1, -0.05) is 25.1 Å². The summed E-state index contributed by atoms with van der Waals surface area (Å²) in [6.07, 6.45) is 0.832. The van der Waals surface area contributed by atoms with E-state index in [0.29, 0.717) is 19.7 Å². The monoisotopic (exact) mass is 293 g/mol. The van der Waals surface area contributed by atoms with Crippen molar-refractivity contribution >= 4 is 11.9 Å². The van der Waals surface area contributed by atoms with Crippen LogP contribution in [0.2, 0.25) is 0 Å². The molecule has 0 fully saturated rings. The number of nitrogens with zero attached hydrogens (tertiary/aromatic N) is 1. The van der Waals surface area contributed by atoms with E-state index in [1.54, 1.807) is 11.9 Å². The first-order valence-electron chi connectivity index (χ1n) is 7.06. The van der Waals surface area contributed by atoms with Gasteiger partial charge in [0.05, 0.1) is 6.54 Å². The van der Waals surface area contributed by atoms with Gasteiger partial charge < -0.3 is 10.1 Å². The quantitative estimate of drug-likeness (QED) is 0.756. The predicted molar refractivity (Wildman–Crippen MR) is 81.3 cm³/mol. The highest BCUT2D eigenvalue weighted by molar-refractivity contribution is 5.95. The van der Waals surface area contributed by atoms with Crippen LogP contribution in [-0.4, -0.2) is 50.1 Å². The van der Waals surface area contributed by atoms with Gasteiger partial charge in [0.2, 0.25) is 5.91 Å². The largest absolute Gasteiger partial charge is 0.492 e. The lowest BCUT2D eigenvalue weighted by atomic mass is 10.3. The Kier molecular flexibility index (Phi) is 7.89. The summed E-state index contributed by atoms with van der Waals surface area (Å²) >= 11 is 0. The summed E-state index contributed by atoms with van der Waals surface area (Å²) in [5.41, 5.74) is 0. The molecule has 0 saturated carbocycles. The highest BCUT2D eigenvalue weighted by Crippen LogP contribution is 2.07. The molecular formula is C15H23N3O3. The summed E-state index contributed by atoms with van der Waals surface area (Å²) in [5.74, 6) is 0.472. The number of rotatable bonds is 8. The molecule has 0 aliphatic rings. The number of amides is 3. The van der Waals surface area contributed by atoms with E-state index in [4.69, 9.17) is 4.74 Å². The van der Waals surface area contributed by atoms with Gasteiger partial charge in [-0.15, -0.1) is 0 Å². The summed E-state index contributed by atoms with van der Waals surface area (Å²) in [7, 11) is 1.80. The molecule has 0 radical (unpaired) electrons. The Labute approximate surface area is 125 Å². The zero-order chi connectivity index (χ0) is 15.5. The molecule has 0 aliphatic carbocycles. The average molecular weight is 293 g/mol. The molecule has 0 heterocycles. The van der Waals surface area contributed by atoms with Crippen molar-refractivity contribution in [3.05, 3.63) is 30.3 Å². The van der Waals surface area contributed by atoms with Gasteiger partial charge in [0.1, 0.15) is 12.4 Å². The van der Waals surface area contributed by atoms with E-state index >= 15 is 0 Å². The fourth-order valence-corrected chi connectivity index (χ4v) is 1.61. The number of carbonyl (C=O) groups is 2. The Balaban J connectivity index is 2.16. The molecular weight excluding hydrogens is 270 g/mol. The highest BCUT2D eigenvalue weighted by Gasteiger charge is 2.09. The standard InChI is InChI=1S/C15H23N3O3/c1-3-9-16-15(20)17-14(19)12-18(2)10-11-21-13-7-5-4-6-8-13/h4-8H,3,9-12H2,1-2H3,(H2,16,17,19,20). The van der Waals surface area contributed by atoms with Gasteiger partial charge in [0.15, 0.2) is 0 Å². The van der Waals surface area contributed by atoms with Crippen molar-refractivity contribution < 1.29 is 14.3 Å². The number of imide groups is 1. The first-order chi connectivity index (χ1) is 10.1. The highest BCUT2D eigenvalue weighted by atomic mass is 16.5. The Hall–Kier alpha value is -2.08. The van der Waals surface area contributed by atoms with Crippen LogP contribution < -0.4 is 15.4 Å². The topological polar surface area (TPSA) is 70.7 Å². The number of hydrogen-bond acceptors (Lipinski definition) is 4. The molecule has 1 aromatic carbocycles. The normalized spacial score (nSPS) is 10.2. The molecule has 1 aromatic rings. The van der Waals surface area contributed by atoms with Gasteiger partial charge in [-0.25, -0.2) is 4.79 Å². The van der Waals surface area contributed by atoms with Gasteiger partial charge >= 0.3 is 6.03 Å². The second-order valence-corrected chi connectivity index (χ2v) is 4.70. The molecule has 3 amide bonds. The number of likely N-dealkylation sites (N-methyl/N-ethyl adjacent to an activating group) is 1. The Morgan fingerprint density at radius 2 is 1.95 bits per heavy atom. The van der Waals surface area contributed by atoms with Crippen LogP contribution in [0.15, 0.2) is 30.3 Å². The van der Waals surface area contributed by atoms with E-state index in [-0.39, 0.29) is 12.5 Å². The maximum atomic E-state index is 11.6. The van der Waals surface area contributed by atoms with Crippen LogP contribution in [0.5, 0.6) is 5.75 Å². The van der Waals surface area contributed by atoms with Gasteiger partial charge in [-0.3, -0.25) is 15.0 Å². The van der Waals surface area contributed by atoms with Crippen LogP contribution in [0.4, 0.5) is 4.79 Å². The van der Waals surface area contributed by atoms with E-state index in [2.05, 4.69) is 10.6 Å². The van der Waals surface area contributed by atoms with Crippen molar-refractivity contribution in [2.75, 3.05) is 33.3 Å². The molecule has 0 unspecified atom stereocenters. The summed E-state index contributed by atoms with van der Waals surface area (Å²) in [6, 6.07) is 9.04. The van der Waals surface area contributed by atoms with Crippen LogP contribution in [0.1, 0.15) is 13.3 Å². The molecule has 0 bridgehead atoms. The summed E-state index contributed by atoms with van der Waals surface area (Å²) in [6.45, 7) is 3.73. The van der Waals surface area contributed by atoms with Crippen molar-refractivity contribution in [1.29, 1.82) is 0 Å². The van der Waals surface area contributed by atoms with E-state index in [1.165, 1.54) is 0 Å². The minimum Gasteiger partial charge on any atom is -0.492 e. The maximum Gasteiger partial charge on any atom is 0.321 e. The molecule has 0 atom stereocenters. The summed E-state index contributed by atoms with van der Waals surface area (Å²) in [4.78, 5) is 24.7. The molecule has 0 spiro atoms. The third-order valence-electron chi connectivity index (χ3n) is 2.69. The summed E-state index contributed by atoms with van der Waals surface area (Å²) in [5, 5.41) is 4.87. The lowest BCUT2D eigenvalue weighted by molar-refractivity contribution is -0.120. The number of urea groups is 1. The molecule has 116 valence electrons. The molecule has 0 saturated heterocycles. The van der Waals surface area contributed by atoms with E-state index in [9.17, 15) is 9.59 Å². The Morgan fingerprint density at radius 3 is 2.62 bits per heavy atom. The van der Waals surface area contributed by atoms with Crippen molar-refractivity contribution in [1.82, 2.24) is 15.5 Å². The molecule has 6 heteroatoms. The number of nitrogens with one attached hydrogen (secondary N) is 2. The third-order valence-corrected chi connectivity index (χ3v) is 2.69. The van der Waals surface area contributed by atoms with Gasteiger partial charge in [-0.2, -0.15) is 0 Å². The molecule has 21 heavy (non-hydrogen) atoms. The molecule has 0 aliphatic heterocycles. The lowest BCUT2D eigenvalue weighted by Gasteiger charge is -2.16.